The van der Waals surface area contributed by atoms with Crippen LogP contribution in [0.5, 0.6) is 5.75 Å². The molecule has 36 heavy (non-hydrogen) atoms. The second kappa shape index (κ2) is 7.62. The van der Waals surface area contributed by atoms with Gasteiger partial charge in [-0.15, -0.1) is 0 Å². The molecule has 1 saturated heterocycles. The lowest BCUT2D eigenvalue weighted by Crippen LogP contribution is -2.33. The molecule has 182 valence electrons. The molecule has 11 heteroatoms. The molecule has 3 atom stereocenters. The van der Waals surface area contributed by atoms with Gasteiger partial charge in [-0.25, -0.2) is 4.98 Å². The van der Waals surface area contributed by atoms with Crippen LogP contribution in [0.15, 0.2) is 44.4 Å². The first-order valence-corrected chi connectivity index (χ1v) is 12.0. The summed E-state index contributed by atoms with van der Waals surface area (Å²) in [6, 6.07) is 9.24. The van der Waals surface area contributed by atoms with Crippen molar-refractivity contribution in [2.75, 3.05) is 13.1 Å². The minimum absolute atomic E-state index is 0.0792. The highest BCUT2D eigenvalue weighted by atomic mass is 16.5. The Balaban J connectivity index is 1.52. The van der Waals surface area contributed by atoms with Crippen molar-refractivity contribution in [3.05, 3.63) is 56.9 Å². The van der Waals surface area contributed by atoms with E-state index in [1.807, 2.05) is 6.07 Å². The van der Waals surface area contributed by atoms with Crippen LogP contribution in [0.4, 0.5) is 0 Å². The second-order valence-corrected chi connectivity index (χ2v) is 9.54. The molecule has 1 fully saturated rings. The van der Waals surface area contributed by atoms with Crippen LogP contribution in [-0.4, -0.2) is 60.0 Å². The van der Waals surface area contributed by atoms with E-state index in [4.69, 9.17) is 14.2 Å². The van der Waals surface area contributed by atoms with Gasteiger partial charge in [-0.1, -0.05) is 17.3 Å². The van der Waals surface area contributed by atoms with E-state index in [1.54, 1.807) is 35.9 Å². The number of para-hydroxylation sites is 1. The molecule has 2 aliphatic rings. The highest BCUT2D eigenvalue weighted by Crippen LogP contribution is 2.33. The Bertz CT molecular complexity index is 1780. The summed E-state index contributed by atoms with van der Waals surface area (Å²) in [4.78, 5) is 40.8. The lowest BCUT2D eigenvalue weighted by molar-refractivity contribution is 0.195. The molecular formula is C25H23N7O4. The Kier molecular flexibility index (Phi) is 4.46. The monoisotopic (exact) mass is 485 g/mol. The number of benzene rings is 2. The molecule has 6 bridgehead atoms. The molecule has 0 aliphatic carbocycles. The lowest BCUT2D eigenvalue weighted by atomic mass is 10.1. The van der Waals surface area contributed by atoms with E-state index >= 15 is 0 Å². The molecule has 0 spiro atoms. The van der Waals surface area contributed by atoms with Gasteiger partial charge in [0, 0.05) is 43.6 Å². The third kappa shape index (κ3) is 3.19. The van der Waals surface area contributed by atoms with Gasteiger partial charge in [0.2, 0.25) is 11.7 Å². The summed E-state index contributed by atoms with van der Waals surface area (Å²) in [5.41, 5.74) is 2.57. The third-order valence-corrected chi connectivity index (χ3v) is 7.16. The maximum absolute atomic E-state index is 13.3. The summed E-state index contributed by atoms with van der Waals surface area (Å²) in [6.45, 7) is 5.81. The van der Waals surface area contributed by atoms with Crippen molar-refractivity contribution in [2.24, 2.45) is 0 Å². The van der Waals surface area contributed by atoms with Crippen LogP contribution in [0, 0.1) is 6.92 Å². The van der Waals surface area contributed by atoms with Crippen LogP contribution in [0.3, 0.4) is 0 Å². The lowest BCUT2D eigenvalue weighted by Gasteiger charge is -2.20. The highest BCUT2D eigenvalue weighted by Gasteiger charge is 2.31. The van der Waals surface area contributed by atoms with Crippen molar-refractivity contribution in [3.63, 3.8) is 0 Å². The van der Waals surface area contributed by atoms with Crippen LogP contribution < -0.4 is 15.9 Å². The Morgan fingerprint density at radius 1 is 1.14 bits per heavy atom. The SMILES string of the molecule is Cc1nc(-c2cc3c4nc(c(=O)[nH]c4c2)-c2cccc4c(=O)n([nH]c24)CCN2CC(C[C@H]2C)O3)no1. The van der Waals surface area contributed by atoms with Gasteiger partial charge in [0.25, 0.3) is 11.1 Å². The van der Waals surface area contributed by atoms with Gasteiger partial charge in [0.05, 0.1) is 23.0 Å². The minimum Gasteiger partial charge on any atom is -0.487 e. The Labute approximate surface area is 203 Å². The predicted octanol–water partition coefficient (Wildman–Crippen LogP) is 2.45. The van der Waals surface area contributed by atoms with Gasteiger partial charge in [-0.3, -0.25) is 24.3 Å². The Morgan fingerprint density at radius 3 is 2.86 bits per heavy atom. The van der Waals surface area contributed by atoms with E-state index in [2.05, 4.69) is 32.0 Å². The summed E-state index contributed by atoms with van der Waals surface area (Å²) in [5, 5.41) is 7.79. The van der Waals surface area contributed by atoms with Crippen molar-refractivity contribution < 1.29 is 9.26 Å². The molecule has 2 aliphatic heterocycles. The van der Waals surface area contributed by atoms with Crippen LogP contribution >= 0.6 is 0 Å². The number of nitrogens with zero attached hydrogens (tertiary/aromatic N) is 5. The average Bonchev–Trinajstić information content (AvgIpc) is 3.54. The standard InChI is InChI=1S/C25H23N7O4/c1-12-8-15-11-31(12)6-7-32-25(34)17-5-3-4-16(20(17)29-32)21-24(33)27-18-9-14(23-26-13(2)36-30-23)10-19(35-15)22(18)28-21/h3-5,9-10,12,15,29H,6-8,11H2,1-2H3,(H,27,33)/t12-,15?/m1/s1. The number of H-pyrrole nitrogens is 2. The number of aromatic amines is 2. The number of fused-ring (bicyclic) bond motifs is 5. The maximum Gasteiger partial charge on any atom is 0.275 e. The number of rotatable bonds is 1. The number of hydrogen-bond acceptors (Lipinski definition) is 8. The molecular weight excluding hydrogens is 462 g/mol. The smallest absolute Gasteiger partial charge is 0.275 e. The van der Waals surface area contributed by atoms with E-state index < -0.39 is 0 Å². The first-order valence-electron chi connectivity index (χ1n) is 12.0. The van der Waals surface area contributed by atoms with Gasteiger partial charge in [-0.2, -0.15) is 4.98 Å². The van der Waals surface area contributed by atoms with E-state index in [9.17, 15) is 9.59 Å². The van der Waals surface area contributed by atoms with Crippen LogP contribution in [-0.2, 0) is 6.54 Å². The minimum atomic E-state index is -0.372. The van der Waals surface area contributed by atoms with Crippen molar-refractivity contribution in [1.82, 2.24) is 34.8 Å². The topological polar surface area (TPSA) is 135 Å². The average molecular weight is 486 g/mol. The fraction of sp³-hybridized carbons (Fsp3) is 0.320. The van der Waals surface area contributed by atoms with E-state index in [1.165, 1.54) is 0 Å². The number of hydrogen-bond donors (Lipinski definition) is 2. The van der Waals surface area contributed by atoms with E-state index in [0.29, 0.717) is 70.2 Å². The van der Waals surface area contributed by atoms with Crippen molar-refractivity contribution in [3.8, 4) is 28.4 Å². The summed E-state index contributed by atoms with van der Waals surface area (Å²) in [7, 11) is 0. The Hall–Kier alpha value is -4.25. The largest absolute Gasteiger partial charge is 0.487 e. The number of aryl methyl sites for hydroxylation is 1. The molecule has 7 rings (SSSR count). The summed E-state index contributed by atoms with van der Waals surface area (Å²) in [6.07, 6.45) is 0.747. The fourth-order valence-electron chi connectivity index (χ4n) is 5.37. The zero-order chi connectivity index (χ0) is 24.6. The predicted molar refractivity (Wildman–Crippen MR) is 132 cm³/mol. The molecule has 2 N–H and O–H groups in total. The molecule has 0 saturated carbocycles. The molecule has 3 aromatic heterocycles. The van der Waals surface area contributed by atoms with Crippen molar-refractivity contribution >= 4 is 21.9 Å². The third-order valence-electron chi connectivity index (χ3n) is 7.16. The highest BCUT2D eigenvalue weighted by molar-refractivity contribution is 5.94. The van der Waals surface area contributed by atoms with Crippen LogP contribution in [0.2, 0.25) is 0 Å². The molecule has 11 nitrogen and oxygen atoms in total. The van der Waals surface area contributed by atoms with Crippen molar-refractivity contribution in [2.45, 2.75) is 39.0 Å². The zero-order valence-corrected chi connectivity index (χ0v) is 19.7. The number of ether oxygens (including phenoxy) is 1. The van der Waals surface area contributed by atoms with E-state index in [-0.39, 0.29) is 29.0 Å². The molecule has 0 amide bonds. The second-order valence-electron chi connectivity index (χ2n) is 9.54. The van der Waals surface area contributed by atoms with Crippen LogP contribution in [0.1, 0.15) is 19.2 Å². The van der Waals surface area contributed by atoms with Gasteiger partial charge < -0.3 is 14.2 Å². The maximum atomic E-state index is 13.3. The normalized spacial score (nSPS) is 21.3. The van der Waals surface area contributed by atoms with Gasteiger partial charge >= 0.3 is 0 Å². The van der Waals surface area contributed by atoms with Gasteiger partial charge in [0.1, 0.15) is 23.1 Å². The number of aromatic nitrogens is 6. The quantitative estimate of drug-likeness (QED) is 0.370. The summed E-state index contributed by atoms with van der Waals surface area (Å²) in [5.74, 6) is 1.39. The van der Waals surface area contributed by atoms with Gasteiger partial charge in [-0.05, 0) is 25.1 Å². The first kappa shape index (κ1) is 21.1. The molecule has 2 unspecified atom stereocenters. The van der Waals surface area contributed by atoms with Gasteiger partial charge in [0.15, 0.2) is 0 Å². The number of nitrogens with one attached hydrogen (secondary N) is 2. The molecule has 0 radical (unpaired) electrons. The summed E-state index contributed by atoms with van der Waals surface area (Å²) >= 11 is 0. The zero-order valence-electron chi connectivity index (χ0n) is 19.7. The molecule has 2 aromatic carbocycles. The van der Waals surface area contributed by atoms with E-state index in [0.717, 1.165) is 6.42 Å². The van der Waals surface area contributed by atoms with Crippen LogP contribution in [0.25, 0.3) is 44.6 Å². The van der Waals surface area contributed by atoms with Crippen molar-refractivity contribution in [1.29, 1.82) is 0 Å². The molecule has 5 heterocycles. The first-order chi connectivity index (χ1) is 17.4. The Morgan fingerprint density at radius 2 is 2.03 bits per heavy atom. The fourth-order valence-corrected chi connectivity index (χ4v) is 5.37. The summed E-state index contributed by atoms with van der Waals surface area (Å²) < 4.78 is 13.3. The molecule has 5 aromatic rings.